The lowest BCUT2D eigenvalue weighted by Crippen LogP contribution is -2.15. The van der Waals surface area contributed by atoms with E-state index in [2.05, 4.69) is 172 Å². The zero-order valence-corrected chi connectivity index (χ0v) is 30.5. The number of furan rings is 2. The lowest BCUT2D eigenvalue weighted by molar-refractivity contribution is 0.660. The molecule has 2 heteroatoms. The van der Waals surface area contributed by atoms with Crippen molar-refractivity contribution in [1.29, 1.82) is 0 Å². The van der Waals surface area contributed by atoms with Crippen molar-refractivity contribution < 1.29 is 8.83 Å². The molecule has 55 heavy (non-hydrogen) atoms. The van der Waals surface area contributed by atoms with Crippen molar-refractivity contribution >= 4 is 65.4 Å². The van der Waals surface area contributed by atoms with Crippen LogP contribution in [0.3, 0.4) is 0 Å². The molecule has 0 amide bonds. The largest absolute Gasteiger partial charge is 0.456 e. The minimum atomic E-state index is -0.157. The van der Waals surface area contributed by atoms with Crippen LogP contribution in [0.4, 0.5) is 0 Å². The summed E-state index contributed by atoms with van der Waals surface area (Å²) in [6, 6.07) is 61.8. The highest BCUT2D eigenvalue weighted by molar-refractivity contribution is 6.23. The first kappa shape index (κ1) is 30.6. The Bertz CT molecular complexity index is 3340. The Morgan fingerprint density at radius 1 is 0.345 bits per heavy atom. The maximum Gasteiger partial charge on any atom is 0.147 e. The lowest BCUT2D eigenvalue weighted by Gasteiger charge is -2.23. The van der Waals surface area contributed by atoms with Crippen molar-refractivity contribution in [3.05, 3.63) is 181 Å². The summed E-state index contributed by atoms with van der Waals surface area (Å²) >= 11 is 0. The van der Waals surface area contributed by atoms with Gasteiger partial charge in [-0.05, 0) is 120 Å². The standard InChI is InChI=1S/C53H34O2/c1-53(2)44-26-22-32(33-20-24-36-41-25-27-47-51(52(41)55-48(36)30-33)42-18-10-11-19-46(42)54-47)28-43(44)35-23-21-34(29-45(35)53)50-39-16-8-6-14-37(39)49(31-12-4-3-5-13-31)38-15-7-9-17-40(38)50/h3-30H,1-2H3. The number of hydrogen-bond acceptors (Lipinski definition) is 2. The van der Waals surface area contributed by atoms with Crippen molar-refractivity contribution in [1.82, 2.24) is 0 Å². The second-order valence-electron chi connectivity index (χ2n) is 15.6. The van der Waals surface area contributed by atoms with Crippen molar-refractivity contribution in [2.24, 2.45) is 0 Å². The molecule has 258 valence electrons. The highest BCUT2D eigenvalue weighted by Crippen LogP contribution is 2.52. The molecule has 9 aromatic carbocycles. The van der Waals surface area contributed by atoms with Gasteiger partial charge < -0.3 is 8.83 Å². The van der Waals surface area contributed by atoms with Crippen molar-refractivity contribution in [2.75, 3.05) is 0 Å². The van der Waals surface area contributed by atoms with Gasteiger partial charge in [0.2, 0.25) is 0 Å². The summed E-state index contributed by atoms with van der Waals surface area (Å²) in [5.74, 6) is 0. The molecule has 0 bridgehead atoms. The summed E-state index contributed by atoms with van der Waals surface area (Å²) in [5.41, 5.74) is 16.1. The monoisotopic (exact) mass is 702 g/mol. The van der Waals surface area contributed by atoms with Crippen molar-refractivity contribution in [3.63, 3.8) is 0 Å². The summed E-state index contributed by atoms with van der Waals surface area (Å²) in [6.45, 7) is 4.74. The third-order valence-electron chi connectivity index (χ3n) is 12.3. The fraction of sp³-hybridized carbons (Fsp3) is 0.0566. The third kappa shape index (κ3) is 4.25. The van der Waals surface area contributed by atoms with Crippen LogP contribution in [-0.4, -0.2) is 0 Å². The molecule has 2 aromatic heterocycles. The van der Waals surface area contributed by atoms with E-state index >= 15 is 0 Å². The molecule has 1 aliphatic carbocycles. The summed E-state index contributed by atoms with van der Waals surface area (Å²) in [6.07, 6.45) is 0. The summed E-state index contributed by atoms with van der Waals surface area (Å²) < 4.78 is 12.8. The highest BCUT2D eigenvalue weighted by atomic mass is 16.3. The fourth-order valence-corrected chi connectivity index (χ4v) is 9.67. The van der Waals surface area contributed by atoms with Gasteiger partial charge in [0.1, 0.15) is 22.3 Å². The molecule has 0 atom stereocenters. The fourth-order valence-electron chi connectivity index (χ4n) is 9.67. The predicted octanol–water partition coefficient (Wildman–Crippen LogP) is 15.1. The number of para-hydroxylation sites is 1. The van der Waals surface area contributed by atoms with Crippen LogP contribution in [0.5, 0.6) is 0 Å². The van der Waals surface area contributed by atoms with Crippen LogP contribution in [0.1, 0.15) is 25.0 Å². The van der Waals surface area contributed by atoms with Crippen LogP contribution >= 0.6 is 0 Å². The molecule has 0 unspecified atom stereocenters. The molecule has 0 radical (unpaired) electrons. The molecule has 0 saturated heterocycles. The SMILES string of the molecule is CC1(C)c2ccc(-c3ccc4c(c3)oc3c4ccc4oc5ccccc5c43)cc2-c2ccc(-c3c4ccccc4c(-c4ccccc4)c4ccccc34)cc21. The molecule has 2 heterocycles. The number of benzene rings is 9. The first-order chi connectivity index (χ1) is 27.0. The Morgan fingerprint density at radius 2 is 0.945 bits per heavy atom. The van der Waals surface area contributed by atoms with Gasteiger partial charge in [0, 0.05) is 21.6 Å². The molecule has 0 spiro atoms. The molecule has 11 aromatic rings. The quantitative estimate of drug-likeness (QED) is 0.171. The Morgan fingerprint density at radius 3 is 1.69 bits per heavy atom. The molecule has 2 nitrogen and oxygen atoms in total. The molecule has 0 N–H and O–H groups in total. The zero-order chi connectivity index (χ0) is 36.4. The van der Waals surface area contributed by atoms with E-state index < -0.39 is 0 Å². The van der Waals surface area contributed by atoms with Gasteiger partial charge in [-0.1, -0.05) is 141 Å². The van der Waals surface area contributed by atoms with E-state index in [-0.39, 0.29) is 5.41 Å². The van der Waals surface area contributed by atoms with Gasteiger partial charge >= 0.3 is 0 Å². The normalized spacial score (nSPS) is 13.4. The van der Waals surface area contributed by atoms with Gasteiger partial charge in [-0.15, -0.1) is 0 Å². The van der Waals surface area contributed by atoms with E-state index in [0.29, 0.717) is 0 Å². The third-order valence-corrected chi connectivity index (χ3v) is 12.3. The minimum absolute atomic E-state index is 0.157. The predicted molar refractivity (Wildman–Crippen MR) is 230 cm³/mol. The van der Waals surface area contributed by atoms with Crippen molar-refractivity contribution in [3.8, 4) is 44.5 Å². The van der Waals surface area contributed by atoms with E-state index in [1.165, 1.54) is 71.6 Å². The highest BCUT2D eigenvalue weighted by Gasteiger charge is 2.36. The molecule has 0 aliphatic heterocycles. The summed E-state index contributed by atoms with van der Waals surface area (Å²) in [5, 5.41) is 9.44. The van der Waals surface area contributed by atoms with Gasteiger partial charge in [-0.3, -0.25) is 0 Å². The van der Waals surface area contributed by atoms with Crippen LogP contribution in [0.25, 0.3) is 110 Å². The van der Waals surface area contributed by atoms with E-state index in [0.717, 1.165) is 49.4 Å². The van der Waals surface area contributed by atoms with Crippen LogP contribution in [0, 0.1) is 0 Å². The maximum absolute atomic E-state index is 6.66. The number of rotatable bonds is 3. The molecule has 0 saturated carbocycles. The zero-order valence-electron chi connectivity index (χ0n) is 30.5. The topological polar surface area (TPSA) is 26.3 Å². The van der Waals surface area contributed by atoms with E-state index in [1.807, 2.05) is 12.1 Å². The van der Waals surface area contributed by atoms with E-state index in [4.69, 9.17) is 8.83 Å². The Labute approximate surface area is 317 Å². The van der Waals surface area contributed by atoms with Crippen LogP contribution in [0.15, 0.2) is 179 Å². The Hall–Kier alpha value is -6.90. The van der Waals surface area contributed by atoms with Gasteiger partial charge in [0.15, 0.2) is 0 Å². The Kier molecular flexibility index (Phi) is 6.15. The Balaban J connectivity index is 1.00. The van der Waals surface area contributed by atoms with E-state index in [1.54, 1.807) is 0 Å². The molecular formula is C53H34O2. The van der Waals surface area contributed by atoms with Crippen molar-refractivity contribution in [2.45, 2.75) is 19.3 Å². The molecular weight excluding hydrogens is 669 g/mol. The second-order valence-corrected chi connectivity index (χ2v) is 15.6. The first-order valence-corrected chi connectivity index (χ1v) is 19.1. The summed E-state index contributed by atoms with van der Waals surface area (Å²) in [7, 11) is 0. The van der Waals surface area contributed by atoms with Gasteiger partial charge in [-0.2, -0.15) is 0 Å². The number of fused-ring (bicyclic) bond motifs is 12. The van der Waals surface area contributed by atoms with Crippen LogP contribution < -0.4 is 0 Å². The average molecular weight is 703 g/mol. The molecule has 1 aliphatic rings. The molecule has 12 rings (SSSR count). The van der Waals surface area contributed by atoms with E-state index in [9.17, 15) is 0 Å². The lowest BCUT2D eigenvalue weighted by atomic mass is 9.80. The van der Waals surface area contributed by atoms with Gasteiger partial charge in [0.05, 0.1) is 5.39 Å². The van der Waals surface area contributed by atoms with Crippen LogP contribution in [0.2, 0.25) is 0 Å². The smallest absolute Gasteiger partial charge is 0.147 e. The maximum atomic E-state index is 6.66. The molecule has 0 fully saturated rings. The first-order valence-electron chi connectivity index (χ1n) is 19.1. The number of hydrogen-bond donors (Lipinski definition) is 0. The second kappa shape index (κ2) is 11.1. The van der Waals surface area contributed by atoms with Gasteiger partial charge in [0.25, 0.3) is 0 Å². The van der Waals surface area contributed by atoms with Crippen LogP contribution in [-0.2, 0) is 5.41 Å². The average Bonchev–Trinajstić information content (AvgIpc) is 3.87. The minimum Gasteiger partial charge on any atom is -0.456 e. The van der Waals surface area contributed by atoms with Gasteiger partial charge in [-0.25, -0.2) is 0 Å². The summed E-state index contributed by atoms with van der Waals surface area (Å²) in [4.78, 5) is 0.